The highest BCUT2D eigenvalue weighted by atomic mass is 35.5. The molecule has 2 heterocycles. The minimum absolute atomic E-state index is 0.328. The van der Waals surface area contributed by atoms with Gasteiger partial charge in [-0.1, -0.05) is 23.7 Å². The number of para-hydroxylation sites is 1. The third-order valence-corrected chi connectivity index (χ3v) is 4.35. The van der Waals surface area contributed by atoms with Gasteiger partial charge in [-0.25, -0.2) is 9.78 Å². The van der Waals surface area contributed by atoms with Crippen molar-refractivity contribution in [2.75, 3.05) is 43.1 Å². The van der Waals surface area contributed by atoms with Crippen molar-refractivity contribution in [2.45, 2.75) is 0 Å². The zero-order valence-electron chi connectivity index (χ0n) is 13.0. The summed E-state index contributed by atoms with van der Waals surface area (Å²) in [5.74, 6) is 0.476. The molecule has 1 aliphatic rings. The average molecular weight is 333 g/mol. The van der Waals surface area contributed by atoms with Crippen LogP contribution in [0, 0.1) is 0 Å². The quantitative estimate of drug-likeness (QED) is 0.809. The lowest BCUT2D eigenvalue weighted by molar-refractivity contribution is -0.364. The van der Waals surface area contributed by atoms with Gasteiger partial charge in [0.1, 0.15) is 18.7 Å². The number of pyridine rings is 1. The second kappa shape index (κ2) is 6.87. The number of carbonyl (C=O) groups is 1. The Bertz CT molecular complexity index is 700. The summed E-state index contributed by atoms with van der Waals surface area (Å²) in [5.41, 5.74) is 1.61. The molecule has 1 fully saturated rings. The second-order valence-electron chi connectivity index (χ2n) is 5.35. The van der Waals surface area contributed by atoms with E-state index in [1.54, 1.807) is 12.1 Å². The number of ether oxygens (including phenoxy) is 1. The summed E-state index contributed by atoms with van der Waals surface area (Å²) in [4.78, 5) is 19.5. The fourth-order valence-corrected chi connectivity index (χ4v) is 3.10. The van der Waals surface area contributed by atoms with Crippen molar-refractivity contribution in [3.63, 3.8) is 0 Å². The van der Waals surface area contributed by atoms with Crippen LogP contribution in [-0.4, -0.2) is 39.3 Å². The van der Waals surface area contributed by atoms with Crippen molar-refractivity contribution in [3.05, 3.63) is 53.2 Å². The first-order chi connectivity index (χ1) is 11.2. The molecule has 23 heavy (non-hydrogen) atoms. The number of hydrogen-bond acceptors (Lipinski definition) is 4. The van der Waals surface area contributed by atoms with Crippen LogP contribution >= 0.6 is 11.6 Å². The molecule has 1 aromatic carbocycles. The summed E-state index contributed by atoms with van der Waals surface area (Å²) in [5, 5.41) is 0.766. The molecule has 1 saturated heterocycles. The molecule has 0 amide bonds. The summed E-state index contributed by atoms with van der Waals surface area (Å²) in [6.45, 7) is 3.28. The van der Waals surface area contributed by atoms with Crippen LogP contribution in [-0.2, 0) is 4.74 Å². The first kappa shape index (κ1) is 15.6. The van der Waals surface area contributed by atoms with E-state index in [9.17, 15) is 4.79 Å². The lowest BCUT2D eigenvalue weighted by Gasteiger charge is -2.33. The van der Waals surface area contributed by atoms with Crippen LogP contribution in [0.15, 0.2) is 42.6 Å². The molecule has 120 valence electrons. The summed E-state index contributed by atoms with van der Waals surface area (Å²) < 4.78 is 4.86. The fraction of sp³-hybridized carbons (Fsp3) is 0.294. The number of nitrogens with one attached hydrogen (secondary N) is 1. The highest BCUT2D eigenvalue weighted by Gasteiger charge is 2.29. The van der Waals surface area contributed by atoms with Crippen molar-refractivity contribution in [2.24, 2.45) is 0 Å². The number of hydrogen-bond donors (Lipinski definition) is 0. The summed E-state index contributed by atoms with van der Waals surface area (Å²) in [6.07, 6.45) is 1.82. The van der Waals surface area contributed by atoms with E-state index in [1.807, 2.05) is 30.5 Å². The fourth-order valence-electron chi connectivity index (χ4n) is 2.84. The smallest absolute Gasteiger partial charge is 0.346 e. The normalized spacial score (nSPS) is 14.7. The van der Waals surface area contributed by atoms with E-state index in [2.05, 4.69) is 14.8 Å². The van der Waals surface area contributed by atoms with Crippen LogP contribution in [0.2, 0.25) is 5.02 Å². The number of benzene rings is 1. The lowest BCUT2D eigenvalue weighted by Crippen LogP contribution is -2.48. The molecule has 0 bridgehead atoms. The van der Waals surface area contributed by atoms with Crippen molar-refractivity contribution in [1.29, 1.82) is 0 Å². The molecule has 0 spiro atoms. The van der Waals surface area contributed by atoms with E-state index in [4.69, 9.17) is 16.3 Å². The van der Waals surface area contributed by atoms with Gasteiger partial charge < -0.3 is 9.64 Å². The summed E-state index contributed by atoms with van der Waals surface area (Å²) in [6, 6.07) is 11.4. The van der Waals surface area contributed by atoms with E-state index >= 15 is 0 Å². The number of piperazine rings is 1. The first-order valence-corrected chi connectivity index (χ1v) is 7.92. The van der Waals surface area contributed by atoms with Gasteiger partial charge in [0.05, 0.1) is 37.1 Å². The molecule has 1 aromatic heterocycles. The van der Waals surface area contributed by atoms with Crippen LogP contribution in [0.1, 0.15) is 10.4 Å². The maximum atomic E-state index is 11.9. The molecule has 5 nitrogen and oxygen atoms in total. The zero-order chi connectivity index (χ0) is 16.2. The van der Waals surface area contributed by atoms with E-state index < -0.39 is 0 Å². The van der Waals surface area contributed by atoms with Crippen LogP contribution in [0.5, 0.6) is 0 Å². The van der Waals surface area contributed by atoms with Gasteiger partial charge in [0, 0.05) is 0 Å². The number of methoxy groups -OCH3 is 1. The highest BCUT2D eigenvalue weighted by molar-refractivity contribution is 6.33. The maximum Gasteiger partial charge on any atom is 0.346 e. The predicted molar refractivity (Wildman–Crippen MR) is 90.2 cm³/mol. The van der Waals surface area contributed by atoms with Gasteiger partial charge in [0.15, 0.2) is 0 Å². The van der Waals surface area contributed by atoms with Gasteiger partial charge in [-0.05, 0) is 24.3 Å². The molecule has 0 unspecified atom stereocenters. The first-order valence-electron chi connectivity index (χ1n) is 7.54. The van der Waals surface area contributed by atoms with Crippen molar-refractivity contribution < 1.29 is 14.5 Å². The van der Waals surface area contributed by atoms with Gasteiger partial charge >= 0.3 is 5.97 Å². The Labute approximate surface area is 140 Å². The number of anilines is 2. The van der Waals surface area contributed by atoms with E-state index in [0.717, 1.165) is 42.7 Å². The maximum absolute atomic E-state index is 11.9. The number of rotatable bonds is 3. The Morgan fingerprint density at radius 1 is 1.09 bits per heavy atom. The number of nitrogens with zero attached hydrogens (tertiary/aromatic N) is 2. The molecule has 0 saturated carbocycles. The molecular weight excluding hydrogens is 314 g/mol. The van der Waals surface area contributed by atoms with E-state index in [0.29, 0.717) is 5.56 Å². The average Bonchev–Trinajstić information content (AvgIpc) is 2.62. The molecule has 2 aromatic rings. The molecule has 0 aliphatic carbocycles. The minimum Gasteiger partial charge on any atom is -0.465 e. The number of aromatic nitrogens is 1. The Hall–Kier alpha value is -2.27. The summed E-state index contributed by atoms with van der Waals surface area (Å²) >= 11 is 6.27. The number of esters is 1. The second-order valence-corrected chi connectivity index (χ2v) is 5.76. The monoisotopic (exact) mass is 332 g/mol. The molecule has 0 atom stereocenters. The number of halogens is 1. The minimum atomic E-state index is -0.328. The van der Waals surface area contributed by atoms with Gasteiger partial charge in [-0.2, -0.15) is 0 Å². The number of aromatic amines is 1. The van der Waals surface area contributed by atoms with Crippen LogP contribution < -0.4 is 14.8 Å². The van der Waals surface area contributed by atoms with Gasteiger partial charge in [0.25, 0.3) is 5.82 Å². The summed E-state index contributed by atoms with van der Waals surface area (Å²) in [7, 11) is 1.40. The largest absolute Gasteiger partial charge is 0.465 e. The Kier molecular flexibility index (Phi) is 4.67. The Morgan fingerprint density at radius 3 is 2.48 bits per heavy atom. The highest BCUT2D eigenvalue weighted by Crippen LogP contribution is 2.27. The van der Waals surface area contributed by atoms with E-state index in [1.165, 1.54) is 7.11 Å². The standard InChI is InChI=1S/C17H18ClN3O2/c1-23-17(22)13-5-4-8-19-16(13)21-11-9-20(10-12-21)15-7-3-2-6-14(15)18/h2-8H,9-12H2,1H3/p+1. The lowest BCUT2D eigenvalue weighted by atomic mass is 10.2. The molecular formula is C17H19ClN3O2+. The van der Waals surface area contributed by atoms with Gasteiger partial charge in [-0.3, -0.25) is 4.90 Å². The third kappa shape index (κ3) is 3.24. The van der Waals surface area contributed by atoms with Crippen LogP contribution in [0.4, 0.5) is 11.5 Å². The van der Waals surface area contributed by atoms with Crippen molar-refractivity contribution in [1.82, 2.24) is 0 Å². The SMILES string of the molecule is COC(=O)c1ccc[nH+]c1N1CCN(c2ccccc2Cl)CC1. The molecule has 0 radical (unpaired) electrons. The molecule has 1 N–H and O–H groups in total. The number of H-pyrrole nitrogens is 1. The predicted octanol–water partition coefficient (Wildman–Crippen LogP) is 2.27. The third-order valence-electron chi connectivity index (χ3n) is 4.03. The molecule has 1 aliphatic heterocycles. The van der Waals surface area contributed by atoms with Crippen LogP contribution in [0.25, 0.3) is 0 Å². The molecule has 3 rings (SSSR count). The zero-order valence-corrected chi connectivity index (χ0v) is 13.7. The topological polar surface area (TPSA) is 46.9 Å². The molecule has 6 heteroatoms. The Balaban J connectivity index is 1.75. The number of carbonyl (C=O) groups excluding carboxylic acids is 1. The van der Waals surface area contributed by atoms with Crippen molar-refractivity contribution in [3.8, 4) is 0 Å². The van der Waals surface area contributed by atoms with E-state index in [-0.39, 0.29) is 5.97 Å². The Morgan fingerprint density at radius 2 is 1.78 bits per heavy atom. The van der Waals surface area contributed by atoms with Gasteiger partial charge in [-0.15, -0.1) is 0 Å². The van der Waals surface area contributed by atoms with Gasteiger partial charge in [0.2, 0.25) is 0 Å². The van der Waals surface area contributed by atoms with Crippen LogP contribution in [0.3, 0.4) is 0 Å². The van der Waals surface area contributed by atoms with Crippen molar-refractivity contribution >= 4 is 29.1 Å².